The zero-order valence-electron chi connectivity index (χ0n) is 19.5. The van der Waals surface area contributed by atoms with Crippen molar-refractivity contribution in [2.75, 3.05) is 13.1 Å². The summed E-state index contributed by atoms with van der Waals surface area (Å²) in [6, 6.07) is -0.0326. The second-order valence-electron chi connectivity index (χ2n) is 9.74. The molecule has 2 fully saturated rings. The predicted molar refractivity (Wildman–Crippen MR) is 119 cm³/mol. The van der Waals surface area contributed by atoms with E-state index in [1.807, 2.05) is 25.7 Å². The maximum absolute atomic E-state index is 13.0. The first-order chi connectivity index (χ1) is 14.7. The van der Waals surface area contributed by atoms with Crippen LogP contribution in [0.4, 0.5) is 0 Å². The summed E-state index contributed by atoms with van der Waals surface area (Å²) >= 11 is 0. The summed E-state index contributed by atoms with van der Waals surface area (Å²) in [4.78, 5) is 35.6. The van der Waals surface area contributed by atoms with Gasteiger partial charge in [0.25, 0.3) is 5.91 Å². The highest BCUT2D eigenvalue weighted by Crippen LogP contribution is 2.55. The van der Waals surface area contributed by atoms with E-state index in [0.717, 1.165) is 25.7 Å². The average molecular weight is 431 g/mol. The molecule has 2 aliphatic rings. The maximum atomic E-state index is 13.0. The summed E-state index contributed by atoms with van der Waals surface area (Å²) < 4.78 is 0. The highest BCUT2D eigenvalue weighted by atomic mass is 16.3. The highest BCUT2D eigenvalue weighted by molar-refractivity contribution is 5.92. The molecule has 0 spiro atoms. The molecule has 1 aromatic rings. The third-order valence-corrected chi connectivity index (χ3v) is 8.11. The fourth-order valence-electron chi connectivity index (χ4n) is 6.16. The van der Waals surface area contributed by atoms with Crippen LogP contribution in [0.5, 0.6) is 0 Å². The number of fused-ring (bicyclic) bond motifs is 1. The zero-order valence-corrected chi connectivity index (χ0v) is 19.5. The van der Waals surface area contributed by atoms with Gasteiger partial charge < -0.3 is 15.3 Å². The van der Waals surface area contributed by atoms with Crippen molar-refractivity contribution in [3.8, 4) is 0 Å². The third kappa shape index (κ3) is 4.61. The molecule has 0 aromatic carbocycles. The van der Waals surface area contributed by atoms with Gasteiger partial charge in [0, 0.05) is 37.4 Å². The number of aromatic nitrogens is 2. The second kappa shape index (κ2) is 9.63. The Morgan fingerprint density at radius 1 is 1.26 bits per heavy atom. The Bertz CT molecular complexity index is 769. The molecule has 7 atom stereocenters. The molecule has 31 heavy (non-hydrogen) atoms. The first-order valence-corrected chi connectivity index (χ1v) is 11.8. The van der Waals surface area contributed by atoms with E-state index in [0.29, 0.717) is 18.8 Å². The Morgan fingerprint density at radius 2 is 1.94 bits per heavy atom. The number of aliphatic hydroxyl groups is 1. The normalized spacial score (nSPS) is 33.8. The topological polar surface area (TPSA) is 95.4 Å². The van der Waals surface area contributed by atoms with Crippen molar-refractivity contribution in [2.45, 2.75) is 72.4 Å². The lowest BCUT2D eigenvalue weighted by Gasteiger charge is -2.56. The van der Waals surface area contributed by atoms with E-state index in [2.05, 4.69) is 29.1 Å². The van der Waals surface area contributed by atoms with E-state index in [9.17, 15) is 14.7 Å². The molecule has 0 radical (unpaired) electrons. The minimum atomic E-state index is -0.556. The molecule has 0 unspecified atom stereocenters. The number of carbonyl (C=O) groups excluding carboxylic acids is 2. The molecule has 0 aliphatic heterocycles. The van der Waals surface area contributed by atoms with Crippen molar-refractivity contribution in [2.24, 2.45) is 29.1 Å². The third-order valence-electron chi connectivity index (χ3n) is 8.11. The number of carbonyl (C=O) groups is 2. The molecule has 1 aromatic heterocycles. The number of aliphatic hydroxyl groups excluding tert-OH is 1. The van der Waals surface area contributed by atoms with Crippen LogP contribution in [0.25, 0.3) is 0 Å². The molecule has 2 amide bonds. The SMILES string of the molecule is CCN(CC)C(=O)[C@@H](C)[C@H]1CC[C@@]2(C)CC[C@H](NC(=O)c3cnccn3)[C@@H](C)[C@@H]2[C@H]1O. The number of amides is 2. The number of nitrogens with zero attached hydrogens (tertiary/aromatic N) is 3. The van der Waals surface area contributed by atoms with E-state index < -0.39 is 6.10 Å². The van der Waals surface area contributed by atoms with Gasteiger partial charge in [0.05, 0.1) is 12.3 Å². The molecular weight excluding hydrogens is 392 g/mol. The van der Waals surface area contributed by atoms with Crippen LogP contribution in [0.3, 0.4) is 0 Å². The molecule has 1 heterocycles. The largest absolute Gasteiger partial charge is 0.392 e. The molecule has 172 valence electrons. The molecular formula is C24H38N4O3. The summed E-state index contributed by atoms with van der Waals surface area (Å²) in [6.45, 7) is 11.7. The molecule has 3 rings (SSSR count). The molecule has 7 nitrogen and oxygen atoms in total. The minimum absolute atomic E-state index is 0.0288. The number of hydrogen-bond acceptors (Lipinski definition) is 5. The van der Waals surface area contributed by atoms with Gasteiger partial charge in [-0.15, -0.1) is 0 Å². The van der Waals surface area contributed by atoms with Crippen molar-refractivity contribution in [3.63, 3.8) is 0 Å². The van der Waals surface area contributed by atoms with Crippen molar-refractivity contribution in [3.05, 3.63) is 24.3 Å². The lowest BCUT2D eigenvalue weighted by atomic mass is 9.51. The van der Waals surface area contributed by atoms with Crippen LogP contribution in [0, 0.1) is 29.1 Å². The Labute approximate surface area is 186 Å². The van der Waals surface area contributed by atoms with E-state index in [-0.39, 0.29) is 46.9 Å². The van der Waals surface area contributed by atoms with E-state index >= 15 is 0 Å². The summed E-state index contributed by atoms with van der Waals surface area (Å²) in [6.07, 6.45) is 7.68. The molecule has 2 N–H and O–H groups in total. The van der Waals surface area contributed by atoms with Crippen molar-refractivity contribution >= 4 is 11.8 Å². The highest BCUT2D eigenvalue weighted by Gasteiger charge is 2.54. The van der Waals surface area contributed by atoms with Crippen LogP contribution in [0.1, 0.15) is 70.8 Å². The minimum Gasteiger partial charge on any atom is -0.392 e. The number of hydrogen-bond donors (Lipinski definition) is 2. The van der Waals surface area contributed by atoms with Gasteiger partial charge >= 0.3 is 0 Å². The molecule has 0 saturated heterocycles. The smallest absolute Gasteiger partial charge is 0.271 e. The number of rotatable bonds is 6. The second-order valence-corrected chi connectivity index (χ2v) is 9.74. The Kier molecular flexibility index (Phi) is 7.35. The summed E-state index contributed by atoms with van der Waals surface area (Å²) in [5, 5.41) is 14.6. The van der Waals surface area contributed by atoms with E-state index in [1.54, 1.807) is 6.20 Å². The van der Waals surface area contributed by atoms with Gasteiger partial charge in [-0.25, -0.2) is 4.98 Å². The molecule has 0 bridgehead atoms. The monoisotopic (exact) mass is 430 g/mol. The summed E-state index contributed by atoms with van der Waals surface area (Å²) in [7, 11) is 0. The number of nitrogens with one attached hydrogen (secondary N) is 1. The van der Waals surface area contributed by atoms with Gasteiger partial charge in [-0.3, -0.25) is 14.6 Å². The van der Waals surface area contributed by atoms with Gasteiger partial charge in [0.15, 0.2) is 0 Å². The van der Waals surface area contributed by atoms with Gasteiger partial charge in [-0.2, -0.15) is 0 Å². The first kappa shape index (κ1) is 23.6. The maximum Gasteiger partial charge on any atom is 0.271 e. The molecule has 2 aliphatic carbocycles. The van der Waals surface area contributed by atoms with E-state index in [4.69, 9.17) is 0 Å². The van der Waals surface area contributed by atoms with Gasteiger partial charge in [0.2, 0.25) is 5.91 Å². The van der Waals surface area contributed by atoms with Gasteiger partial charge in [0.1, 0.15) is 5.69 Å². The molecule has 2 saturated carbocycles. The van der Waals surface area contributed by atoms with Crippen molar-refractivity contribution in [1.82, 2.24) is 20.2 Å². The van der Waals surface area contributed by atoms with Crippen LogP contribution in [0.2, 0.25) is 0 Å². The predicted octanol–water partition coefficient (Wildman–Crippen LogP) is 2.90. The standard InChI is InChI=1S/C24H38N4O3/c1-6-28(7-2)23(31)15(3)17-8-10-24(5)11-9-18(16(4)20(24)21(17)29)27-22(30)19-14-25-12-13-26-19/h12-18,20-21,29H,6-11H2,1-5H3,(H,27,30)/t15-,16+,17+,18-,20+,21-,24-/m0/s1. The first-order valence-electron chi connectivity index (χ1n) is 11.8. The average Bonchev–Trinajstić information content (AvgIpc) is 2.76. The van der Waals surface area contributed by atoms with E-state index in [1.165, 1.54) is 12.4 Å². The fourth-order valence-corrected chi connectivity index (χ4v) is 6.16. The Morgan fingerprint density at radius 3 is 2.55 bits per heavy atom. The Balaban J connectivity index is 1.75. The lowest BCUT2D eigenvalue weighted by Crippen LogP contribution is -2.58. The summed E-state index contributed by atoms with van der Waals surface area (Å²) in [5.41, 5.74) is 0.338. The van der Waals surface area contributed by atoms with Crippen LogP contribution >= 0.6 is 0 Å². The molecule has 7 heteroatoms. The fraction of sp³-hybridized carbons (Fsp3) is 0.750. The summed E-state index contributed by atoms with van der Waals surface area (Å²) in [5.74, 6) is -0.203. The van der Waals surface area contributed by atoms with Crippen LogP contribution in [-0.4, -0.2) is 57.0 Å². The zero-order chi connectivity index (χ0) is 22.8. The lowest BCUT2D eigenvalue weighted by molar-refractivity contribution is -0.149. The van der Waals surface area contributed by atoms with Gasteiger partial charge in [-0.1, -0.05) is 20.8 Å². The van der Waals surface area contributed by atoms with Crippen LogP contribution < -0.4 is 5.32 Å². The van der Waals surface area contributed by atoms with Crippen LogP contribution in [0.15, 0.2) is 18.6 Å². The quantitative estimate of drug-likeness (QED) is 0.724. The van der Waals surface area contributed by atoms with Gasteiger partial charge in [-0.05, 0) is 62.7 Å². The van der Waals surface area contributed by atoms with Crippen molar-refractivity contribution in [1.29, 1.82) is 0 Å². The van der Waals surface area contributed by atoms with Crippen molar-refractivity contribution < 1.29 is 14.7 Å². The van der Waals surface area contributed by atoms with Crippen LogP contribution in [-0.2, 0) is 4.79 Å². The Hall–Kier alpha value is -2.02.